The van der Waals surface area contributed by atoms with Crippen LogP contribution in [0, 0.1) is 0 Å². The van der Waals surface area contributed by atoms with Gasteiger partial charge in [0.2, 0.25) is 0 Å². The van der Waals surface area contributed by atoms with Crippen LogP contribution in [0.4, 0.5) is 0 Å². The molecule has 0 aromatic heterocycles. The Bertz CT molecular complexity index is 634. The molecule has 1 atom stereocenters. The maximum atomic E-state index is 5.78. The summed E-state index contributed by atoms with van der Waals surface area (Å²) in [6.45, 7) is 8.19. The number of aliphatic imine (C=N–C) groups is 1. The Morgan fingerprint density at radius 2 is 1.97 bits per heavy atom. The molecule has 1 aromatic carbocycles. The molecule has 1 saturated heterocycles. The third-order valence-corrected chi connectivity index (χ3v) is 4.94. The zero-order chi connectivity index (χ0) is 20.4. The van der Waals surface area contributed by atoms with Gasteiger partial charge in [-0.1, -0.05) is 19.9 Å². The number of nitrogens with zero attached hydrogens (tertiary/aromatic N) is 1. The molecule has 1 aromatic rings. The molecule has 0 radical (unpaired) electrons. The predicted molar refractivity (Wildman–Crippen MR) is 127 cm³/mol. The van der Waals surface area contributed by atoms with Gasteiger partial charge in [0.1, 0.15) is 0 Å². The molecule has 0 amide bonds. The molecule has 166 valence electrons. The van der Waals surface area contributed by atoms with Gasteiger partial charge in [0, 0.05) is 38.8 Å². The number of guanidine groups is 1. The quantitative estimate of drug-likeness (QED) is 0.214. The van der Waals surface area contributed by atoms with Crippen molar-refractivity contribution in [3.63, 3.8) is 0 Å². The third-order valence-electron chi connectivity index (χ3n) is 4.94. The first-order valence-electron chi connectivity index (χ1n) is 9.86. The number of rotatable bonds is 10. The van der Waals surface area contributed by atoms with E-state index in [9.17, 15) is 0 Å². The molecular formula is C21H36IN3O4. The molecule has 0 saturated carbocycles. The van der Waals surface area contributed by atoms with E-state index >= 15 is 0 Å². The highest BCUT2D eigenvalue weighted by atomic mass is 127. The van der Waals surface area contributed by atoms with E-state index in [1.165, 1.54) is 5.56 Å². The minimum atomic E-state index is -0.108. The maximum absolute atomic E-state index is 5.78. The van der Waals surface area contributed by atoms with E-state index in [-0.39, 0.29) is 35.5 Å². The lowest BCUT2D eigenvalue weighted by atomic mass is 9.84. The summed E-state index contributed by atoms with van der Waals surface area (Å²) in [5.74, 6) is 2.26. The number of hydrogen-bond acceptors (Lipinski definition) is 5. The van der Waals surface area contributed by atoms with Crippen molar-refractivity contribution < 1.29 is 18.9 Å². The molecular weight excluding hydrogens is 485 g/mol. The van der Waals surface area contributed by atoms with E-state index in [0.717, 1.165) is 63.2 Å². The minimum absolute atomic E-state index is 0. The average Bonchev–Trinajstić information content (AvgIpc) is 3.22. The second-order valence-electron chi connectivity index (χ2n) is 7.52. The zero-order valence-electron chi connectivity index (χ0n) is 18.2. The van der Waals surface area contributed by atoms with E-state index in [1.54, 1.807) is 21.3 Å². The van der Waals surface area contributed by atoms with Crippen molar-refractivity contribution in [1.29, 1.82) is 0 Å². The molecule has 0 aliphatic carbocycles. The van der Waals surface area contributed by atoms with Crippen molar-refractivity contribution in [2.24, 2.45) is 4.99 Å². The number of methoxy groups -OCH3 is 2. The number of benzene rings is 1. The molecule has 2 rings (SSSR count). The summed E-state index contributed by atoms with van der Waals surface area (Å²) in [4.78, 5) is 4.31. The molecule has 0 bridgehead atoms. The van der Waals surface area contributed by atoms with Crippen LogP contribution >= 0.6 is 24.0 Å². The Morgan fingerprint density at radius 3 is 2.59 bits per heavy atom. The summed E-state index contributed by atoms with van der Waals surface area (Å²) >= 11 is 0. The van der Waals surface area contributed by atoms with Gasteiger partial charge in [-0.2, -0.15) is 0 Å². The fraction of sp³-hybridized carbons (Fsp3) is 0.667. The largest absolute Gasteiger partial charge is 0.493 e. The average molecular weight is 521 g/mol. The van der Waals surface area contributed by atoms with Crippen LogP contribution in [0.15, 0.2) is 23.2 Å². The van der Waals surface area contributed by atoms with Gasteiger partial charge in [-0.05, 0) is 30.5 Å². The fourth-order valence-electron chi connectivity index (χ4n) is 3.06. The summed E-state index contributed by atoms with van der Waals surface area (Å²) < 4.78 is 21.9. The van der Waals surface area contributed by atoms with Crippen molar-refractivity contribution >= 4 is 29.9 Å². The Labute approximate surface area is 191 Å². The van der Waals surface area contributed by atoms with E-state index in [4.69, 9.17) is 18.9 Å². The summed E-state index contributed by atoms with van der Waals surface area (Å²) in [5.41, 5.74) is 1.06. The van der Waals surface area contributed by atoms with Gasteiger partial charge in [-0.25, -0.2) is 0 Å². The second-order valence-corrected chi connectivity index (χ2v) is 7.52. The van der Waals surface area contributed by atoms with Crippen LogP contribution in [-0.2, 0) is 14.9 Å². The Kier molecular flexibility index (Phi) is 11.7. The molecule has 1 fully saturated rings. The molecule has 1 aliphatic rings. The zero-order valence-corrected chi connectivity index (χ0v) is 20.6. The van der Waals surface area contributed by atoms with Crippen molar-refractivity contribution in [3.8, 4) is 11.5 Å². The van der Waals surface area contributed by atoms with Gasteiger partial charge >= 0.3 is 0 Å². The number of ether oxygens (including phenoxy) is 4. The molecule has 1 unspecified atom stereocenters. The molecule has 0 spiro atoms. The molecule has 7 nitrogen and oxygen atoms in total. The standard InChI is InChI=1S/C21H35N3O4.HI/c1-21(2,16-7-8-18(25-4)19(13-16)26-5)15-24-20(22-3)23-10-6-11-28-17-9-12-27-14-17;/h7-8,13,17H,6,9-12,14-15H2,1-5H3,(H2,22,23,24);1H. The van der Waals surface area contributed by atoms with Crippen LogP contribution in [0.25, 0.3) is 0 Å². The van der Waals surface area contributed by atoms with Crippen LogP contribution in [0.2, 0.25) is 0 Å². The predicted octanol–water partition coefficient (Wildman–Crippen LogP) is 2.96. The SMILES string of the molecule is CN=C(NCCCOC1CCOC1)NCC(C)(C)c1ccc(OC)c(OC)c1.I. The fourth-order valence-corrected chi connectivity index (χ4v) is 3.06. The highest BCUT2D eigenvalue weighted by Crippen LogP contribution is 2.32. The first kappa shape index (κ1) is 25.8. The summed E-state index contributed by atoms with van der Waals surface area (Å²) in [6, 6.07) is 6.04. The van der Waals surface area contributed by atoms with Crippen molar-refractivity contribution in [2.45, 2.75) is 38.2 Å². The van der Waals surface area contributed by atoms with Crippen LogP contribution in [0.5, 0.6) is 11.5 Å². The lowest BCUT2D eigenvalue weighted by molar-refractivity contribution is 0.0420. The minimum Gasteiger partial charge on any atom is -0.493 e. The smallest absolute Gasteiger partial charge is 0.191 e. The van der Waals surface area contributed by atoms with Gasteiger partial charge in [-0.3, -0.25) is 4.99 Å². The number of halogens is 1. The van der Waals surface area contributed by atoms with Crippen molar-refractivity contribution in [3.05, 3.63) is 23.8 Å². The lowest BCUT2D eigenvalue weighted by Gasteiger charge is -2.27. The Balaban J connectivity index is 0.00000420. The van der Waals surface area contributed by atoms with Crippen LogP contribution < -0.4 is 20.1 Å². The van der Waals surface area contributed by atoms with Gasteiger partial charge in [-0.15, -0.1) is 24.0 Å². The Morgan fingerprint density at radius 1 is 1.21 bits per heavy atom. The van der Waals surface area contributed by atoms with E-state index in [0.29, 0.717) is 0 Å². The summed E-state index contributed by atoms with van der Waals surface area (Å²) in [7, 11) is 5.08. The van der Waals surface area contributed by atoms with Gasteiger partial charge in [0.15, 0.2) is 17.5 Å². The molecule has 2 N–H and O–H groups in total. The third kappa shape index (κ3) is 8.18. The van der Waals surface area contributed by atoms with E-state index in [1.807, 2.05) is 12.1 Å². The van der Waals surface area contributed by atoms with Gasteiger partial charge < -0.3 is 29.6 Å². The number of nitrogens with one attached hydrogen (secondary N) is 2. The first-order chi connectivity index (χ1) is 13.5. The molecule has 1 aliphatic heterocycles. The first-order valence-corrected chi connectivity index (χ1v) is 9.86. The van der Waals surface area contributed by atoms with E-state index < -0.39 is 0 Å². The van der Waals surface area contributed by atoms with Gasteiger partial charge in [0.25, 0.3) is 0 Å². The van der Waals surface area contributed by atoms with Crippen LogP contribution in [-0.4, -0.2) is 66.2 Å². The molecule has 1 heterocycles. The lowest BCUT2D eigenvalue weighted by Crippen LogP contribution is -2.43. The summed E-state index contributed by atoms with van der Waals surface area (Å²) in [6.07, 6.45) is 2.19. The normalized spacial score (nSPS) is 16.9. The van der Waals surface area contributed by atoms with Crippen molar-refractivity contribution in [2.75, 3.05) is 54.2 Å². The highest BCUT2D eigenvalue weighted by Gasteiger charge is 2.23. The van der Waals surface area contributed by atoms with E-state index in [2.05, 4.69) is 35.5 Å². The molecule has 29 heavy (non-hydrogen) atoms. The second kappa shape index (κ2) is 13.1. The van der Waals surface area contributed by atoms with Gasteiger partial charge in [0.05, 0.1) is 26.9 Å². The van der Waals surface area contributed by atoms with Crippen LogP contribution in [0.3, 0.4) is 0 Å². The maximum Gasteiger partial charge on any atom is 0.191 e. The Hall–Kier alpha value is -1.26. The highest BCUT2D eigenvalue weighted by molar-refractivity contribution is 14.0. The molecule has 8 heteroatoms. The van der Waals surface area contributed by atoms with Crippen LogP contribution in [0.1, 0.15) is 32.3 Å². The number of hydrogen-bond donors (Lipinski definition) is 2. The topological polar surface area (TPSA) is 73.3 Å². The summed E-state index contributed by atoms with van der Waals surface area (Å²) in [5, 5.41) is 6.75. The van der Waals surface area contributed by atoms with Crippen molar-refractivity contribution in [1.82, 2.24) is 10.6 Å². The monoisotopic (exact) mass is 521 g/mol.